The van der Waals surface area contributed by atoms with Gasteiger partial charge in [-0.25, -0.2) is 21.1 Å². The Morgan fingerprint density at radius 3 is 2.16 bits per heavy atom. The Morgan fingerprint density at radius 2 is 1.59 bits per heavy atom. The van der Waals surface area contributed by atoms with E-state index in [2.05, 4.69) is 4.90 Å². The maximum atomic E-state index is 13.1. The van der Waals surface area contributed by atoms with Crippen LogP contribution < -0.4 is 13.9 Å². The molecule has 2 saturated heterocycles. The molecule has 1 amide bonds. The molecule has 0 saturated carbocycles. The molecule has 2 aliphatic heterocycles. The first-order valence-electron chi connectivity index (χ1n) is 10.2. The third-order valence-corrected chi connectivity index (χ3v) is 9.52. The lowest BCUT2D eigenvalue weighted by Gasteiger charge is -2.36. The second-order valence-corrected chi connectivity index (χ2v) is 11.6. The summed E-state index contributed by atoms with van der Waals surface area (Å²) in [5, 5.41) is 0. The van der Waals surface area contributed by atoms with E-state index in [1.807, 2.05) is 24.3 Å². The van der Waals surface area contributed by atoms with Gasteiger partial charge in [0.25, 0.3) is 0 Å². The average Bonchev–Trinajstić information content (AvgIpc) is 3.00. The highest BCUT2D eigenvalue weighted by atomic mass is 32.2. The van der Waals surface area contributed by atoms with Gasteiger partial charge in [-0.2, -0.15) is 4.31 Å². The lowest BCUT2D eigenvalue weighted by molar-refractivity contribution is -0.119. The first-order valence-corrected chi connectivity index (χ1v) is 13.2. The minimum absolute atomic E-state index is 0.0593. The van der Waals surface area contributed by atoms with Crippen LogP contribution in [0.2, 0.25) is 0 Å². The summed E-state index contributed by atoms with van der Waals surface area (Å²) in [7, 11) is -5.89. The molecular weight excluding hydrogens is 454 g/mol. The van der Waals surface area contributed by atoms with Crippen LogP contribution in [-0.2, 0) is 24.8 Å². The Labute approximate surface area is 188 Å². The Bertz CT molecular complexity index is 1220. The number of amides is 1. The Balaban J connectivity index is 1.49. The maximum absolute atomic E-state index is 13.1. The number of hydrogen-bond donors (Lipinski definition) is 0. The van der Waals surface area contributed by atoms with Gasteiger partial charge in [0.15, 0.2) is 0 Å². The quantitative estimate of drug-likeness (QED) is 0.640. The third-order valence-electron chi connectivity index (χ3n) is 5.73. The summed E-state index contributed by atoms with van der Waals surface area (Å²) in [5.41, 5.74) is 1.07. The molecule has 2 aromatic carbocycles. The van der Waals surface area contributed by atoms with Crippen LogP contribution in [0.1, 0.15) is 6.92 Å². The molecule has 0 aromatic heterocycles. The molecule has 0 aliphatic carbocycles. The highest BCUT2D eigenvalue weighted by Gasteiger charge is 2.42. The number of carbonyl (C=O) groups excluding carboxylic acids is 1. The van der Waals surface area contributed by atoms with Crippen molar-refractivity contribution in [3.8, 4) is 5.75 Å². The molecule has 4 rings (SSSR count). The topological polar surface area (TPSA) is 104 Å². The lowest BCUT2D eigenvalue weighted by Crippen LogP contribution is -2.48. The molecule has 172 valence electrons. The van der Waals surface area contributed by atoms with Crippen LogP contribution in [0, 0.1) is 5.92 Å². The molecule has 2 heterocycles. The zero-order valence-electron chi connectivity index (χ0n) is 17.8. The molecule has 0 N–H and O–H groups in total. The highest BCUT2D eigenvalue weighted by molar-refractivity contribution is 7.94. The van der Waals surface area contributed by atoms with Crippen LogP contribution in [0.15, 0.2) is 53.4 Å². The van der Waals surface area contributed by atoms with Gasteiger partial charge in [0, 0.05) is 26.2 Å². The molecule has 1 atom stereocenters. The van der Waals surface area contributed by atoms with Gasteiger partial charge in [0.2, 0.25) is 26.0 Å². The van der Waals surface area contributed by atoms with E-state index in [0.29, 0.717) is 26.2 Å². The zero-order chi connectivity index (χ0) is 23.1. The van der Waals surface area contributed by atoms with Crippen LogP contribution in [0.3, 0.4) is 0 Å². The van der Waals surface area contributed by atoms with Gasteiger partial charge >= 0.3 is 0 Å². The van der Waals surface area contributed by atoms with Crippen LogP contribution in [0.25, 0.3) is 0 Å². The Morgan fingerprint density at radius 1 is 0.969 bits per heavy atom. The van der Waals surface area contributed by atoms with Gasteiger partial charge in [-0.1, -0.05) is 19.1 Å². The smallest absolute Gasteiger partial charge is 0.244 e. The second kappa shape index (κ2) is 8.38. The molecular formula is C21H25N3O6S2. The SMILES string of the molecule is COc1ccccc1N1CCN(S(=O)(=O)c2ccc(N3C(=O)[C@@H](C)CS3(=O)=O)cc2)CC1. The first kappa shape index (κ1) is 22.6. The third kappa shape index (κ3) is 3.96. The van der Waals surface area contributed by atoms with Crippen molar-refractivity contribution in [3.63, 3.8) is 0 Å². The summed E-state index contributed by atoms with van der Waals surface area (Å²) in [6.07, 6.45) is 0. The van der Waals surface area contributed by atoms with Gasteiger partial charge in [-0.15, -0.1) is 0 Å². The Kier molecular flexibility index (Phi) is 5.91. The van der Waals surface area contributed by atoms with E-state index in [1.54, 1.807) is 14.0 Å². The van der Waals surface area contributed by atoms with Gasteiger partial charge in [-0.3, -0.25) is 4.79 Å². The number of benzene rings is 2. The monoisotopic (exact) mass is 479 g/mol. The molecule has 2 aromatic rings. The molecule has 11 heteroatoms. The van der Waals surface area contributed by atoms with Crippen molar-refractivity contribution in [2.75, 3.05) is 48.2 Å². The number of piperazine rings is 1. The van der Waals surface area contributed by atoms with Crippen molar-refractivity contribution < 1.29 is 26.4 Å². The van der Waals surface area contributed by atoms with Crippen molar-refractivity contribution in [2.45, 2.75) is 11.8 Å². The minimum atomic E-state index is -3.75. The van der Waals surface area contributed by atoms with Crippen LogP contribution in [0.5, 0.6) is 5.75 Å². The van der Waals surface area contributed by atoms with Crippen molar-refractivity contribution in [1.82, 2.24) is 4.31 Å². The van der Waals surface area contributed by atoms with E-state index < -0.39 is 31.9 Å². The summed E-state index contributed by atoms with van der Waals surface area (Å²) >= 11 is 0. The molecule has 32 heavy (non-hydrogen) atoms. The summed E-state index contributed by atoms with van der Waals surface area (Å²) in [6.45, 7) is 3.19. The number of rotatable bonds is 5. The van der Waals surface area contributed by atoms with Crippen molar-refractivity contribution in [3.05, 3.63) is 48.5 Å². The number of methoxy groups -OCH3 is 1. The summed E-state index contributed by atoms with van der Waals surface area (Å²) in [5.74, 6) is -0.640. The predicted octanol–water partition coefficient (Wildman–Crippen LogP) is 1.52. The van der Waals surface area contributed by atoms with Gasteiger partial charge in [-0.05, 0) is 36.4 Å². The summed E-state index contributed by atoms with van der Waals surface area (Å²) in [6, 6.07) is 13.0. The molecule has 9 nitrogen and oxygen atoms in total. The van der Waals surface area contributed by atoms with E-state index >= 15 is 0 Å². The van der Waals surface area contributed by atoms with Gasteiger partial charge in [0.05, 0.1) is 35.1 Å². The van der Waals surface area contributed by atoms with Crippen molar-refractivity contribution in [2.24, 2.45) is 5.92 Å². The van der Waals surface area contributed by atoms with E-state index in [0.717, 1.165) is 15.7 Å². The van der Waals surface area contributed by atoms with Crippen LogP contribution in [-0.4, -0.2) is 66.1 Å². The fraction of sp³-hybridized carbons (Fsp3) is 0.381. The zero-order valence-corrected chi connectivity index (χ0v) is 19.5. The number of hydrogen-bond acceptors (Lipinski definition) is 7. The molecule has 2 aliphatic rings. The van der Waals surface area contributed by atoms with Gasteiger partial charge in [0.1, 0.15) is 5.75 Å². The number of nitrogens with zero attached hydrogens (tertiary/aromatic N) is 3. The van der Waals surface area contributed by atoms with Crippen molar-refractivity contribution >= 4 is 37.3 Å². The number of sulfonamides is 2. The molecule has 0 radical (unpaired) electrons. The summed E-state index contributed by atoms with van der Waals surface area (Å²) in [4.78, 5) is 14.4. The fourth-order valence-corrected chi connectivity index (χ4v) is 7.29. The largest absolute Gasteiger partial charge is 0.495 e. The molecule has 2 fully saturated rings. The molecule has 0 bridgehead atoms. The van der Waals surface area contributed by atoms with Gasteiger partial charge < -0.3 is 9.64 Å². The number of carbonyl (C=O) groups is 1. The normalized spacial score (nSPS) is 21.7. The van der Waals surface area contributed by atoms with Crippen molar-refractivity contribution in [1.29, 1.82) is 0 Å². The number of para-hydroxylation sites is 2. The van der Waals surface area contributed by atoms with E-state index in [1.165, 1.54) is 28.6 Å². The standard InChI is InChI=1S/C21H25N3O6S2/c1-16-15-31(26,27)24(21(16)25)17-7-9-18(10-8-17)32(28,29)23-13-11-22(12-14-23)19-5-3-4-6-20(19)30-2/h3-10,16H,11-15H2,1-2H3/t16-/m0/s1. The van der Waals surface area contributed by atoms with E-state index in [-0.39, 0.29) is 16.3 Å². The Hall–Kier alpha value is -2.63. The number of anilines is 2. The molecule has 0 spiro atoms. The van der Waals surface area contributed by atoms with E-state index in [9.17, 15) is 21.6 Å². The minimum Gasteiger partial charge on any atom is -0.495 e. The summed E-state index contributed by atoms with van der Waals surface area (Å²) < 4.78 is 58.3. The second-order valence-electron chi connectivity index (χ2n) is 7.84. The number of ether oxygens (including phenoxy) is 1. The predicted molar refractivity (Wildman–Crippen MR) is 121 cm³/mol. The van der Waals surface area contributed by atoms with Crippen LogP contribution in [0.4, 0.5) is 11.4 Å². The van der Waals surface area contributed by atoms with E-state index in [4.69, 9.17) is 4.74 Å². The highest BCUT2D eigenvalue weighted by Crippen LogP contribution is 2.31. The fourth-order valence-electron chi connectivity index (χ4n) is 4.05. The first-order chi connectivity index (χ1) is 15.1. The maximum Gasteiger partial charge on any atom is 0.244 e. The molecule has 0 unspecified atom stereocenters. The van der Waals surface area contributed by atoms with Crippen LogP contribution >= 0.6 is 0 Å². The lowest BCUT2D eigenvalue weighted by atomic mass is 10.2. The average molecular weight is 480 g/mol.